The Kier molecular flexibility index (Phi) is 6.19. The SMILES string of the molecule is O=C(CCc1cccc(Br)c1)N1CCN(Cc2nc(-c3cccs3)no2)CC1. The molecule has 0 spiro atoms. The van der Waals surface area contributed by atoms with Crippen LogP contribution in [-0.4, -0.2) is 52.0 Å². The van der Waals surface area contributed by atoms with Crippen LogP contribution in [0.1, 0.15) is 17.9 Å². The third-order valence-electron chi connectivity index (χ3n) is 4.81. The topological polar surface area (TPSA) is 62.5 Å². The number of rotatable bonds is 6. The van der Waals surface area contributed by atoms with Crippen LogP contribution in [0.25, 0.3) is 10.7 Å². The molecular weight excluding hydrogens is 440 g/mol. The van der Waals surface area contributed by atoms with Crippen LogP contribution in [0.15, 0.2) is 50.8 Å². The highest BCUT2D eigenvalue weighted by Crippen LogP contribution is 2.22. The number of piperazine rings is 1. The maximum absolute atomic E-state index is 12.5. The molecule has 1 aliphatic rings. The molecule has 8 heteroatoms. The first kappa shape index (κ1) is 19.3. The average molecular weight is 461 g/mol. The minimum Gasteiger partial charge on any atom is -0.340 e. The van der Waals surface area contributed by atoms with Crippen molar-refractivity contribution in [3.63, 3.8) is 0 Å². The van der Waals surface area contributed by atoms with Gasteiger partial charge in [0.25, 0.3) is 0 Å². The lowest BCUT2D eigenvalue weighted by atomic mass is 10.1. The monoisotopic (exact) mass is 460 g/mol. The molecule has 4 rings (SSSR count). The van der Waals surface area contributed by atoms with Crippen molar-refractivity contribution in [3.8, 4) is 10.7 Å². The Balaban J connectivity index is 1.23. The molecule has 1 fully saturated rings. The molecule has 6 nitrogen and oxygen atoms in total. The molecule has 3 aromatic rings. The smallest absolute Gasteiger partial charge is 0.241 e. The van der Waals surface area contributed by atoms with Gasteiger partial charge in [0.2, 0.25) is 17.6 Å². The number of nitrogens with zero attached hydrogens (tertiary/aromatic N) is 4. The summed E-state index contributed by atoms with van der Waals surface area (Å²) >= 11 is 5.07. The van der Waals surface area contributed by atoms with Gasteiger partial charge < -0.3 is 9.42 Å². The van der Waals surface area contributed by atoms with Crippen LogP contribution in [0.2, 0.25) is 0 Å². The molecular formula is C20H21BrN4O2S. The van der Waals surface area contributed by atoms with Crippen molar-refractivity contribution in [1.82, 2.24) is 19.9 Å². The lowest BCUT2D eigenvalue weighted by Crippen LogP contribution is -2.48. The van der Waals surface area contributed by atoms with Gasteiger partial charge in [-0.05, 0) is 35.6 Å². The maximum Gasteiger partial charge on any atom is 0.241 e. The van der Waals surface area contributed by atoms with E-state index in [1.807, 2.05) is 34.5 Å². The predicted octanol–water partition coefficient (Wildman–Crippen LogP) is 3.84. The lowest BCUT2D eigenvalue weighted by Gasteiger charge is -2.34. The summed E-state index contributed by atoms with van der Waals surface area (Å²) in [6.45, 7) is 3.74. The van der Waals surface area contributed by atoms with Crippen LogP contribution < -0.4 is 0 Å². The zero-order valence-electron chi connectivity index (χ0n) is 15.4. The van der Waals surface area contributed by atoms with Crippen molar-refractivity contribution in [2.75, 3.05) is 26.2 Å². The van der Waals surface area contributed by atoms with E-state index in [1.54, 1.807) is 11.3 Å². The Morgan fingerprint density at radius 1 is 1.18 bits per heavy atom. The van der Waals surface area contributed by atoms with Crippen molar-refractivity contribution in [2.45, 2.75) is 19.4 Å². The normalized spacial score (nSPS) is 15.1. The molecule has 1 saturated heterocycles. The van der Waals surface area contributed by atoms with Crippen molar-refractivity contribution in [1.29, 1.82) is 0 Å². The van der Waals surface area contributed by atoms with Gasteiger partial charge in [-0.3, -0.25) is 9.69 Å². The minimum atomic E-state index is 0.220. The summed E-state index contributed by atoms with van der Waals surface area (Å²) in [5.41, 5.74) is 1.18. The summed E-state index contributed by atoms with van der Waals surface area (Å²) in [5, 5.41) is 6.05. The van der Waals surface area contributed by atoms with Crippen molar-refractivity contribution >= 4 is 33.2 Å². The Morgan fingerprint density at radius 2 is 2.04 bits per heavy atom. The predicted molar refractivity (Wildman–Crippen MR) is 112 cm³/mol. The second kappa shape index (κ2) is 8.98. The molecule has 3 heterocycles. The van der Waals surface area contributed by atoms with E-state index >= 15 is 0 Å². The first-order chi connectivity index (χ1) is 13.7. The van der Waals surface area contributed by atoms with Crippen LogP contribution >= 0.6 is 27.3 Å². The van der Waals surface area contributed by atoms with E-state index in [2.05, 4.69) is 43.1 Å². The van der Waals surface area contributed by atoms with E-state index in [9.17, 15) is 4.79 Å². The third-order valence-corrected chi connectivity index (χ3v) is 6.17. The fourth-order valence-corrected chi connectivity index (χ4v) is 4.37. The van der Waals surface area contributed by atoms with E-state index in [4.69, 9.17) is 4.52 Å². The Bertz CT molecular complexity index is 920. The summed E-state index contributed by atoms with van der Waals surface area (Å²) in [6.07, 6.45) is 1.32. The number of hydrogen-bond donors (Lipinski definition) is 0. The van der Waals surface area contributed by atoms with Gasteiger partial charge in [-0.2, -0.15) is 4.98 Å². The van der Waals surface area contributed by atoms with Gasteiger partial charge in [0.1, 0.15) is 0 Å². The fourth-order valence-electron chi connectivity index (χ4n) is 3.27. The van der Waals surface area contributed by atoms with E-state index < -0.39 is 0 Å². The van der Waals surface area contributed by atoms with Crippen LogP contribution in [0.3, 0.4) is 0 Å². The van der Waals surface area contributed by atoms with E-state index in [0.717, 1.165) is 41.9 Å². The molecule has 0 unspecified atom stereocenters. The molecule has 0 aliphatic carbocycles. The first-order valence-corrected chi connectivity index (χ1v) is 11.0. The summed E-state index contributed by atoms with van der Waals surface area (Å²) < 4.78 is 6.43. The van der Waals surface area contributed by atoms with Gasteiger partial charge in [0.15, 0.2) is 0 Å². The standard InChI is InChI=1S/C20H21BrN4O2S/c21-16-4-1-3-15(13-16)6-7-19(26)25-10-8-24(9-11-25)14-18-22-20(23-27-18)17-5-2-12-28-17/h1-5,12-13H,6-11,14H2. The molecule has 0 atom stereocenters. The van der Waals surface area contributed by atoms with E-state index in [-0.39, 0.29) is 5.91 Å². The number of aromatic nitrogens is 2. The molecule has 0 N–H and O–H groups in total. The second-order valence-corrected chi connectivity index (χ2v) is 8.64. The molecule has 28 heavy (non-hydrogen) atoms. The van der Waals surface area contributed by atoms with Crippen LogP contribution in [0.5, 0.6) is 0 Å². The highest BCUT2D eigenvalue weighted by Gasteiger charge is 2.22. The zero-order valence-corrected chi connectivity index (χ0v) is 17.8. The molecule has 2 aromatic heterocycles. The number of carbonyl (C=O) groups excluding carboxylic acids is 1. The van der Waals surface area contributed by atoms with Crippen molar-refractivity contribution < 1.29 is 9.32 Å². The zero-order chi connectivity index (χ0) is 19.3. The Labute approximate surface area is 176 Å². The molecule has 0 bridgehead atoms. The van der Waals surface area contributed by atoms with Crippen molar-refractivity contribution in [2.24, 2.45) is 0 Å². The number of carbonyl (C=O) groups is 1. The van der Waals surface area contributed by atoms with Gasteiger partial charge >= 0.3 is 0 Å². The highest BCUT2D eigenvalue weighted by molar-refractivity contribution is 9.10. The molecule has 1 aliphatic heterocycles. The Morgan fingerprint density at radius 3 is 2.79 bits per heavy atom. The molecule has 0 radical (unpaired) electrons. The third kappa shape index (κ3) is 4.87. The number of benzene rings is 1. The van der Waals surface area contributed by atoms with E-state index in [0.29, 0.717) is 24.7 Å². The summed E-state index contributed by atoms with van der Waals surface area (Å²) in [4.78, 5) is 22.2. The number of aryl methyl sites for hydroxylation is 1. The Hall–Kier alpha value is -2.03. The van der Waals surface area contributed by atoms with Gasteiger partial charge in [-0.1, -0.05) is 39.3 Å². The van der Waals surface area contributed by atoms with Crippen LogP contribution in [0, 0.1) is 0 Å². The average Bonchev–Trinajstić information content (AvgIpc) is 3.38. The molecule has 146 valence electrons. The molecule has 0 saturated carbocycles. The second-order valence-electron chi connectivity index (χ2n) is 6.78. The maximum atomic E-state index is 12.5. The summed E-state index contributed by atoms with van der Waals surface area (Å²) in [5.74, 6) is 1.49. The van der Waals surface area contributed by atoms with Gasteiger partial charge in [-0.15, -0.1) is 11.3 Å². The number of halogens is 1. The fraction of sp³-hybridized carbons (Fsp3) is 0.350. The van der Waals surface area contributed by atoms with Gasteiger partial charge in [-0.25, -0.2) is 0 Å². The van der Waals surface area contributed by atoms with Gasteiger partial charge in [0.05, 0.1) is 11.4 Å². The summed E-state index contributed by atoms with van der Waals surface area (Å²) in [7, 11) is 0. The quantitative estimate of drug-likeness (QED) is 0.559. The van der Waals surface area contributed by atoms with E-state index in [1.165, 1.54) is 5.56 Å². The molecule has 1 amide bonds. The van der Waals surface area contributed by atoms with Gasteiger partial charge in [0, 0.05) is 37.1 Å². The minimum absolute atomic E-state index is 0.220. The largest absolute Gasteiger partial charge is 0.340 e. The number of amides is 1. The summed E-state index contributed by atoms with van der Waals surface area (Å²) in [6, 6.07) is 12.1. The highest BCUT2D eigenvalue weighted by atomic mass is 79.9. The molecule has 1 aromatic carbocycles. The van der Waals surface area contributed by atoms with Crippen LogP contribution in [-0.2, 0) is 17.8 Å². The number of hydrogen-bond acceptors (Lipinski definition) is 6. The first-order valence-electron chi connectivity index (χ1n) is 9.28. The van der Waals surface area contributed by atoms with Crippen molar-refractivity contribution in [3.05, 3.63) is 57.7 Å². The van der Waals surface area contributed by atoms with Crippen LogP contribution in [0.4, 0.5) is 0 Å². The number of thiophene rings is 1. The lowest BCUT2D eigenvalue weighted by molar-refractivity contribution is -0.133.